The summed E-state index contributed by atoms with van der Waals surface area (Å²) in [4.78, 5) is 21.5. The van der Waals surface area contributed by atoms with E-state index in [1.54, 1.807) is 11.0 Å². The molecule has 1 saturated heterocycles. The van der Waals surface area contributed by atoms with Crippen LogP contribution in [0.2, 0.25) is 5.15 Å². The van der Waals surface area contributed by atoms with Crippen LogP contribution in [0.4, 0.5) is 16.6 Å². The number of carbonyl (C=O) groups excluding carboxylic acids is 1. The third kappa shape index (κ3) is 4.63. The minimum atomic E-state index is -0.489. The zero-order valence-corrected chi connectivity index (χ0v) is 13.1. The van der Waals surface area contributed by atoms with Gasteiger partial charge >= 0.3 is 6.09 Å². The molecule has 1 amide bonds. The van der Waals surface area contributed by atoms with Crippen LogP contribution < -0.4 is 11.1 Å². The Morgan fingerprint density at radius 2 is 2.24 bits per heavy atom. The van der Waals surface area contributed by atoms with E-state index in [9.17, 15) is 4.79 Å². The van der Waals surface area contributed by atoms with Crippen molar-refractivity contribution < 1.29 is 9.53 Å². The Morgan fingerprint density at radius 1 is 1.52 bits per heavy atom. The van der Waals surface area contributed by atoms with Crippen LogP contribution in [0.25, 0.3) is 0 Å². The molecule has 1 aromatic rings. The maximum atomic E-state index is 12.0. The summed E-state index contributed by atoms with van der Waals surface area (Å²) >= 11 is 5.83. The molecule has 1 aliphatic rings. The van der Waals surface area contributed by atoms with Crippen molar-refractivity contribution in [3.63, 3.8) is 0 Å². The van der Waals surface area contributed by atoms with Gasteiger partial charge in [0.15, 0.2) is 0 Å². The summed E-state index contributed by atoms with van der Waals surface area (Å²) < 4.78 is 5.35. The molecule has 0 saturated carbocycles. The van der Waals surface area contributed by atoms with E-state index in [1.165, 1.54) is 0 Å². The van der Waals surface area contributed by atoms with Gasteiger partial charge in [-0.3, -0.25) is 0 Å². The Bertz CT molecular complexity index is 512. The molecule has 0 aliphatic carbocycles. The Balaban J connectivity index is 1.92. The third-order valence-electron chi connectivity index (χ3n) is 2.90. The van der Waals surface area contributed by atoms with E-state index in [0.29, 0.717) is 18.9 Å². The molecule has 3 N–H and O–H groups in total. The van der Waals surface area contributed by atoms with Crippen molar-refractivity contribution in [2.75, 3.05) is 24.1 Å². The molecule has 0 bridgehead atoms. The predicted molar refractivity (Wildman–Crippen MR) is 81.3 cm³/mol. The molecule has 8 heteroatoms. The normalized spacial score (nSPS) is 18.7. The average Bonchev–Trinajstić information content (AvgIpc) is 2.73. The summed E-state index contributed by atoms with van der Waals surface area (Å²) in [6.45, 7) is 6.74. The maximum Gasteiger partial charge on any atom is 0.410 e. The van der Waals surface area contributed by atoms with Gasteiger partial charge in [-0.1, -0.05) is 11.6 Å². The quantitative estimate of drug-likeness (QED) is 0.812. The van der Waals surface area contributed by atoms with Gasteiger partial charge in [0.05, 0.1) is 0 Å². The first kappa shape index (κ1) is 15.6. The molecule has 21 heavy (non-hydrogen) atoms. The number of carbonyl (C=O) groups is 1. The molecule has 2 heterocycles. The van der Waals surface area contributed by atoms with Gasteiger partial charge in [0, 0.05) is 25.2 Å². The molecule has 1 atom stereocenters. The van der Waals surface area contributed by atoms with Gasteiger partial charge in [-0.25, -0.2) is 9.78 Å². The van der Waals surface area contributed by atoms with Crippen LogP contribution in [-0.4, -0.2) is 45.7 Å². The van der Waals surface area contributed by atoms with E-state index in [0.717, 1.165) is 6.42 Å². The number of nitrogen functional groups attached to an aromatic ring is 1. The predicted octanol–water partition coefficient (Wildman–Crippen LogP) is 2.13. The van der Waals surface area contributed by atoms with E-state index in [-0.39, 0.29) is 23.2 Å². The van der Waals surface area contributed by atoms with E-state index in [1.807, 2.05) is 20.8 Å². The molecule has 1 aromatic heterocycles. The van der Waals surface area contributed by atoms with Crippen LogP contribution in [-0.2, 0) is 4.74 Å². The molecule has 1 aliphatic heterocycles. The Kier molecular flexibility index (Phi) is 4.41. The van der Waals surface area contributed by atoms with Gasteiger partial charge < -0.3 is 20.7 Å². The molecular weight excluding hydrogens is 294 g/mol. The number of nitrogens with zero attached hydrogens (tertiary/aromatic N) is 3. The van der Waals surface area contributed by atoms with Crippen molar-refractivity contribution in [1.82, 2.24) is 14.9 Å². The maximum absolute atomic E-state index is 12.0. The summed E-state index contributed by atoms with van der Waals surface area (Å²) in [5.41, 5.74) is 5.06. The average molecular weight is 314 g/mol. The first-order chi connectivity index (χ1) is 9.73. The molecule has 0 spiro atoms. The highest BCUT2D eigenvalue weighted by Crippen LogP contribution is 2.19. The van der Waals surface area contributed by atoms with Crippen molar-refractivity contribution in [1.29, 1.82) is 0 Å². The minimum Gasteiger partial charge on any atom is -0.444 e. The summed E-state index contributed by atoms with van der Waals surface area (Å²) in [5, 5.41) is 3.49. The van der Waals surface area contributed by atoms with Crippen LogP contribution in [0.3, 0.4) is 0 Å². The summed E-state index contributed by atoms with van der Waals surface area (Å²) in [6, 6.07) is 1.69. The Morgan fingerprint density at radius 3 is 2.86 bits per heavy atom. The second-order valence-corrected chi connectivity index (χ2v) is 6.38. The molecule has 0 radical (unpaired) electrons. The number of hydrogen-bond donors (Lipinski definition) is 2. The number of halogens is 1. The van der Waals surface area contributed by atoms with Crippen molar-refractivity contribution in [3.05, 3.63) is 11.2 Å². The fraction of sp³-hybridized carbons (Fsp3) is 0.615. The topological polar surface area (TPSA) is 93.4 Å². The van der Waals surface area contributed by atoms with E-state index in [2.05, 4.69) is 15.3 Å². The summed E-state index contributed by atoms with van der Waals surface area (Å²) in [6.07, 6.45) is 0.507. The van der Waals surface area contributed by atoms with E-state index >= 15 is 0 Å². The van der Waals surface area contributed by atoms with Gasteiger partial charge in [0.1, 0.15) is 16.6 Å². The van der Waals surface area contributed by atoms with Crippen LogP contribution >= 0.6 is 11.6 Å². The van der Waals surface area contributed by atoms with Gasteiger partial charge in [0.25, 0.3) is 0 Å². The van der Waals surface area contributed by atoms with Crippen LogP contribution in [0.1, 0.15) is 27.2 Å². The zero-order chi connectivity index (χ0) is 15.6. The molecule has 1 fully saturated rings. The zero-order valence-electron chi connectivity index (χ0n) is 12.4. The number of anilines is 2. The number of aromatic nitrogens is 2. The number of amides is 1. The van der Waals surface area contributed by atoms with Crippen LogP contribution in [0.5, 0.6) is 0 Å². The van der Waals surface area contributed by atoms with Crippen molar-refractivity contribution in [3.8, 4) is 0 Å². The smallest absolute Gasteiger partial charge is 0.410 e. The van der Waals surface area contributed by atoms with Crippen molar-refractivity contribution in [2.45, 2.75) is 38.8 Å². The van der Waals surface area contributed by atoms with Gasteiger partial charge in [-0.15, -0.1) is 0 Å². The second kappa shape index (κ2) is 5.93. The number of likely N-dealkylation sites (tertiary alicyclic amines) is 1. The van der Waals surface area contributed by atoms with Gasteiger partial charge in [0.2, 0.25) is 5.95 Å². The first-order valence-electron chi connectivity index (χ1n) is 6.77. The largest absolute Gasteiger partial charge is 0.444 e. The second-order valence-electron chi connectivity index (χ2n) is 5.99. The van der Waals surface area contributed by atoms with Gasteiger partial charge in [-0.2, -0.15) is 4.98 Å². The van der Waals surface area contributed by atoms with Crippen molar-refractivity contribution >= 4 is 29.5 Å². The SMILES string of the molecule is CC(C)(C)OC(=O)N1CC[C@@H](Nc2cc(Cl)nc(N)n2)C1. The third-order valence-corrected chi connectivity index (χ3v) is 3.10. The lowest BCUT2D eigenvalue weighted by Gasteiger charge is -2.24. The molecular formula is C13H20ClN5O2. The summed E-state index contributed by atoms with van der Waals surface area (Å²) in [5.74, 6) is 0.676. The van der Waals surface area contributed by atoms with Crippen LogP contribution in [0, 0.1) is 0 Å². The van der Waals surface area contributed by atoms with E-state index in [4.69, 9.17) is 22.1 Å². The molecule has 116 valence electrons. The monoisotopic (exact) mass is 313 g/mol. The highest BCUT2D eigenvalue weighted by Gasteiger charge is 2.29. The standard InChI is InChI=1S/C13H20ClN5O2/c1-13(2,3)21-12(20)19-5-4-8(7-19)16-10-6-9(14)17-11(15)18-10/h6,8H,4-5,7H2,1-3H3,(H3,15,16,17,18)/t8-/m1/s1. The highest BCUT2D eigenvalue weighted by molar-refractivity contribution is 6.29. The van der Waals surface area contributed by atoms with E-state index < -0.39 is 5.60 Å². The molecule has 2 rings (SSSR count). The van der Waals surface area contributed by atoms with Crippen molar-refractivity contribution in [2.24, 2.45) is 0 Å². The lowest BCUT2D eigenvalue weighted by Crippen LogP contribution is -2.36. The number of nitrogens with one attached hydrogen (secondary N) is 1. The Labute approximate surface area is 128 Å². The fourth-order valence-corrected chi connectivity index (χ4v) is 2.28. The molecule has 0 aromatic carbocycles. The first-order valence-corrected chi connectivity index (χ1v) is 7.15. The lowest BCUT2D eigenvalue weighted by molar-refractivity contribution is 0.0293. The molecule has 0 unspecified atom stereocenters. The fourth-order valence-electron chi connectivity index (χ4n) is 2.09. The highest BCUT2D eigenvalue weighted by atomic mass is 35.5. The number of nitrogens with two attached hydrogens (primary N) is 1. The number of rotatable bonds is 2. The number of hydrogen-bond acceptors (Lipinski definition) is 6. The number of ether oxygens (including phenoxy) is 1. The minimum absolute atomic E-state index is 0.0860. The molecule has 7 nitrogen and oxygen atoms in total. The summed E-state index contributed by atoms with van der Waals surface area (Å²) in [7, 11) is 0. The Hall–Kier alpha value is -1.76. The van der Waals surface area contributed by atoms with Crippen LogP contribution in [0.15, 0.2) is 6.07 Å². The van der Waals surface area contributed by atoms with Gasteiger partial charge in [-0.05, 0) is 27.2 Å². The lowest BCUT2D eigenvalue weighted by atomic mass is 10.2.